The molecule has 0 radical (unpaired) electrons. The Hall–Kier alpha value is -1.16. The summed E-state index contributed by atoms with van der Waals surface area (Å²) in [6.07, 6.45) is 1.79. The molecule has 1 aliphatic heterocycles. The molecular formula is C13H17NO2S. The number of anilines is 1. The molecule has 1 aromatic rings. The lowest BCUT2D eigenvalue weighted by Gasteiger charge is -2.12. The maximum atomic E-state index is 11.4. The van der Waals surface area contributed by atoms with E-state index in [9.17, 15) is 4.79 Å². The van der Waals surface area contributed by atoms with Gasteiger partial charge in [-0.2, -0.15) is 0 Å². The van der Waals surface area contributed by atoms with Crippen LogP contribution in [0.5, 0.6) is 5.75 Å². The lowest BCUT2D eigenvalue weighted by atomic mass is 9.98. The first kappa shape index (κ1) is 12.3. The quantitative estimate of drug-likeness (QED) is 0.793. The van der Waals surface area contributed by atoms with Gasteiger partial charge in [0.15, 0.2) is 0 Å². The van der Waals surface area contributed by atoms with E-state index < -0.39 is 0 Å². The summed E-state index contributed by atoms with van der Waals surface area (Å²) in [5.41, 5.74) is 2.27. The van der Waals surface area contributed by atoms with Crippen molar-refractivity contribution in [1.82, 2.24) is 0 Å². The van der Waals surface area contributed by atoms with Gasteiger partial charge in [0.2, 0.25) is 0 Å². The van der Waals surface area contributed by atoms with Crippen molar-refractivity contribution >= 4 is 24.1 Å². The number of Topliss-reactive ketones (excluding diaryl/α,β-unsaturated/α-hetero) is 1. The minimum Gasteiger partial charge on any atom is -0.496 e. The van der Waals surface area contributed by atoms with Crippen LogP contribution >= 0.6 is 12.6 Å². The first-order chi connectivity index (χ1) is 8.11. The maximum Gasteiger partial charge on any atom is 0.134 e. The number of ketones is 1. The van der Waals surface area contributed by atoms with Crippen LogP contribution in [0.25, 0.3) is 0 Å². The molecule has 0 saturated carbocycles. The number of rotatable bonds is 2. The van der Waals surface area contributed by atoms with Crippen LogP contribution in [0.4, 0.5) is 5.69 Å². The highest BCUT2D eigenvalue weighted by Crippen LogP contribution is 2.33. The molecule has 0 spiro atoms. The molecule has 0 aliphatic carbocycles. The monoisotopic (exact) mass is 251 g/mol. The Kier molecular flexibility index (Phi) is 3.62. The maximum absolute atomic E-state index is 11.4. The number of hydrogen-bond acceptors (Lipinski definition) is 4. The summed E-state index contributed by atoms with van der Waals surface area (Å²) in [5.74, 6) is 1.15. The van der Waals surface area contributed by atoms with Gasteiger partial charge in [0, 0.05) is 23.0 Å². The Balaban J connectivity index is 2.28. The average molecular weight is 251 g/mol. The number of ether oxygens (including phenoxy) is 1. The minimum absolute atomic E-state index is 0.108. The highest BCUT2D eigenvalue weighted by Gasteiger charge is 2.20. The predicted molar refractivity (Wildman–Crippen MR) is 71.2 cm³/mol. The van der Waals surface area contributed by atoms with E-state index in [1.165, 1.54) is 5.56 Å². The topological polar surface area (TPSA) is 38.3 Å². The van der Waals surface area contributed by atoms with Crippen LogP contribution in [-0.2, 0) is 11.2 Å². The predicted octanol–water partition coefficient (Wildman–Crippen LogP) is 2.55. The van der Waals surface area contributed by atoms with Crippen molar-refractivity contribution in [1.29, 1.82) is 0 Å². The molecule has 4 heteroatoms. The number of aryl methyl sites for hydroxylation is 1. The van der Waals surface area contributed by atoms with Gasteiger partial charge in [-0.05, 0) is 37.5 Å². The molecule has 17 heavy (non-hydrogen) atoms. The van der Waals surface area contributed by atoms with Crippen LogP contribution < -0.4 is 10.1 Å². The van der Waals surface area contributed by atoms with Crippen molar-refractivity contribution in [2.24, 2.45) is 5.92 Å². The largest absolute Gasteiger partial charge is 0.496 e. The van der Waals surface area contributed by atoms with E-state index >= 15 is 0 Å². The summed E-state index contributed by atoms with van der Waals surface area (Å²) in [6, 6.07) is 3.98. The molecule has 3 nitrogen and oxygen atoms in total. The van der Waals surface area contributed by atoms with E-state index in [-0.39, 0.29) is 11.7 Å². The molecule has 1 unspecified atom stereocenters. The van der Waals surface area contributed by atoms with Crippen LogP contribution in [-0.4, -0.2) is 19.4 Å². The van der Waals surface area contributed by atoms with Gasteiger partial charge in [-0.25, -0.2) is 0 Å². The molecule has 92 valence electrons. The number of carbonyl (C=O) groups excluding carboxylic acids is 1. The van der Waals surface area contributed by atoms with E-state index in [4.69, 9.17) is 4.74 Å². The van der Waals surface area contributed by atoms with Crippen molar-refractivity contribution in [2.75, 3.05) is 19.0 Å². The number of carbonyl (C=O) groups is 1. The standard InChI is InChI=1S/C13H17NO2S/c1-8(15)10-4-3-9-5-12(16-2)13(17)6-11(9)14-7-10/h5-6,10,14,17H,3-4,7H2,1-2H3. The Labute approximate surface area is 107 Å². The molecule has 1 atom stereocenters. The second-order valence-corrected chi connectivity index (χ2v) is 4.89. The van der Waals surface area contributed by atoms with Gasteiger partial charge in [-0.3, -0.25) is 4.79 Å². The Morgan fingerprint density at radius 1 is 1.53 bits per heavy atom. The van der Waals surface area contributed by atoms with E-state index in [1.54, 1.807) is 14.0 Å². The number of benzene rings is 1. The van der Waals surface area contributed by atoms with E-state index in [0.717, 1.165) is 29.2 Å². The molecule has 0 aromatic heterocycles. The van der Waals surface area contributed by atoms with Gasteiger partial charge in [0.1, 0.15) is 11.5 Å². The lowest BCUT2D eigenvalue weighted by Crippen LogP contribution is -2.19. The van der Waals surface area contributed by atoms with Gasteiger partial charge >= 0.3 is 0 Å². The van der Waals surface area contributed by atoms with Gasteiger partial charge in [-0.15, -0.1) is 12.6 Å². The first-order valence-electron chi connectivity index (χ1n) is 5.76. The highest BCUT2D eigenvalue weighted by atomic mass is 32.1. The third kappa shape index (κ3) is 2.57. The third-order valence-corrected chi connectivity index (χ3v) is 3.63. The second kappa shape index (κ2) is 5.00. The van der Waals surface area contributed by atoms with Crippen molar-refractivity contribution in [3.63, 3.8) is 0 Å². The number of thiol groups is 1. The molecule has 0 amide bonds. The van der Waals surface area contributed by atoms with Crippen molar-refractivity contribution in [3.05, 3.63) is 17.7 Å². The SMILES string of the molecule is COc1cc2c(cc1S)NCC(C(C)=O)CC2. The molecule has 1 heterocycles. The van der Waals surface area contributed by atoms with Crippen molar-refractivity contribution < 1.29 is 9.53 Å². The normalized spacial score (nSPS) is 18.9. The van der Waals surface area contributed by atoms with Gasteiger partial charge in [0.25, 0.3) is 0 Å². The summed E-state index contributed by atoms with van der Waals surface area (Å²) in [6.45, 7) is 2.37. The summed E-state index contributed by atoms with van der Waals surface area (Å²) in [4.78, 5) is 12.2. The van der Waals surface area contributed by atoms with Crippen LogP contribution in [0.2, 0.25) is 0 Å². The fraction of sp³-hybridized carbons (Fsp3) is 0.462. The summed E-state index contributed by atoms with van der Waals surface area (Å²) in [5, 5.41) is 3.32. The molecule has 1 N–H and O–H groups in total. The summed E-state index contributed by atoms with van der Waals surface area (Å²) in [7, 11) is 1.64. The smallest absolute Gasteiger partial charge is 0.134 e. The molecule has 0 saturated heterocycles. The summed E-state index contributed by atoms with van der Waals surface area (Å²) < 4.78 is 5.26. The zero-order valence-electron chi connectivity index (χ0n) is 10.1. The van der Waals surface area contributed by atoms with E-state index in [1.807, 2.05) is 12.1 Å². The van der Waals surface area contributed by atoms with Gasteiger partial charge < -0.3 is 10.1 Å². The number of hydrogen-bond donors (Lipinski definition) is 2. The minimum atomic E-state index is 0.108. The van der Waals surface area contributed by atoms with Crippen LogP contribution in [0.3, 0.4) is 0 Å². The molecule has 1 aliphatic rings. The number of fused-ring (bicyclic) bond motifs is 1. The van der Waals surface area contributed by atoms with E-state index in [2.05, 4.69) is 17.9 Å². The molecule has 2 rings (SSSR count). The molecule has 1 aromatic carbocycles. The van der Waals surface area contributed by atoms with E-state index in [0.29, 0.717) is 6.54 Å². The number of methoxy groups -OCH3 is 1. The van der Waals surface area contributed by atoms with Crippen LogP contribution in [0, 0.1) is 5.92 Å². The zero-order valence-corrected chi connectivity index (χ0v) is 11.0. The highest BCUT2D eigenvalue weighted by molar-refractivity contribution is 7.80. The van der Waals surface area contributed by atoms with Crippen LogP contribution in [0.1, 0.15) is 18.9 Å². The fourth-order valence-corrected chi connectivity index (χ4v) is 2.44. The van der Waals surface area contributed by atoms with Gasteiger partial charge in [0.05, 0.1) is 7.11 Å². The molecule has 0 bridgehead atoms. The lowest BCUT2D eigenvalue weighted by molar-refractivity contribution is -0.120. The van der Waals surface area contributed by atoms with Gasteiger partial charge in [-0.1, -0.05) is 0 Å². The van der Waals surface area contributed by atoms with Crippen molar-refractivity contribution in [2.45, 2.75) is 24.7 Å². The zero-order chi connectivity index (χ0) is 12.4. The first-order valence-corrected chi connectivity index (χ1v) is 6.20. The summed E-state index contributed by atoms with van der Waals surface area (Å²) >= 11 is 4.38. The third-order valence-electron chi connectivity index (χ3n) is 3.28. The Bertz CT molecular complexity index is 445. The Morgan fingerprint density at radius 3 is 2.94 bits per heavy atom. The number of nitrogens with one attached hydrogen (secondary N) is 1. The van der Waals surface area contributed by atoms with Crippen molar-refractivity contribution in [3.8, 4) is 5.75 Å². The molecule has 0 fully saturated rings. The molecular weight excluding hydrogens is 234 g/mol. The Morgan fingerprint density at radius 2 is 2.29 bits per heavy atom. The average Bonchev–Trinajstić information content (AvgIpc) is 2.50. The fourth-order valence-electron chi connectivity index (χ4n) is 2.16. The van der Waals surface area contributed by atoms with Crippen LogP contribution in [0.15, 0.2) is 17.0 Å². The second-order valence-electron chi connectivity index (χ2n) is 4.41.